The van der Waals surface area contributed by atoms with E-state index < -0.39 is 30.4 Å². The molecular formula is C64H140O12P4. The molecule has 0 amide bonds. The van der Waals surface area contributed by atoms with Crippen LogP contribution in [0.5, 0.6) is 0 Å². The van der Waals surface area contributed by atoms with Gasteiger partial charge in [0, 0.05) is 34.6 Å². The second-order valence-corrected chi connectivity index (χ2v) is 31.9. The molecule has 0 aromatic carbocycles. The van der Waals surface area contributed by atoms with Crippen molar-refractivity contribution in [2.45, 2.75) is 380 Å². The van der Waals surface area contributed by atoms with Crippen LogP contribution < -0.4 is 0 Å². The summed E-state index contributed by atoms with van der Waals surface area (Å²) in [5.41, 5.74) is -0.498. The minimum absolute atomic E-state index is 0.158. The molecule has 7 unspecified atom stereocenters. The lowest BCUT2D eigenvalue weighted by atomic mass is 10.0. The first-order valence-electron chi connectivity index (χ1n) is 33.9. The summed E-state index contributed by atoms with van der Waals surface area (Å²) in [4.78, 5) is 38.6. The van der Waals surface area contributed by atoms with E-state index in [4.69, 9.17) is 13.6 Å². The Hall–Kier alpha value is 0.600. The highest BCUT2D eigenvalue weighted by atomic mass is 31.2. The minimum Gasteiger partial charge on any atom is -0.324 e. The molecular weight excluding hydrogens is 1080 g/mol. The van der Waals surface area contributed by atoms with Gasteiger partial charge in [-0.05, 0) is 44.9 Å². The predicted octanol–water partition coefficient (Wildman–Crippen LogP) is 23.6. The predicted molar refractivity (Wildman–Crippen MR) is 350 cm³/mol. The Balaban J connectivity index is -0.000000484. The van der Waals surface area contributed by atoms with Crippen molar-refractivity contribution in [2.75, 3.05) is 34.6 Å². The number of hydrogen-bond acceptors (Lipinski definition) is 8. The van der Waals surface area contributed by atoms with Crippen molar-refractivity contribution >= 4 is 30.4 Å². The van der Waals surface area contributed by atoms with E-state index in [1.165, 1.54) is 240 Å². The summed E-state index contributed by atoms with van der Waals surface area (Å²) in [6, 6.07) is 0. The zero-order valence-electron chi connectivity index (χ0n) is 54.9. The zero-order valence-corrected chi connectivity index (χ0v) is 58.5. The van der Waals surface area contributed by atoms with E-state index in [0.29, 0.717) is 6.16 Å². The molecule has 0 bridgehead atoms. The number of hydrogen-bond donors (Lipinski definition) is 4. The van der Waals surface area contributed by atoms with Gasteiger partial charge < -0.3 is 37.7 Å². The maximum absolute atomic E-state index is 12.0. The molecule has 0 aliphatic carbocycles. The molecule has 0 fully saturated rings. The van der Waals surface area contributed by atoms with Crippen LogP contribution in [0.2, 0.25) is 0 Å². The Morgan fingerprint density at radius 2 is 0.438 bits per heavy atom. The molecule has 0 saturated carbocycles. The molecule has 80 heavy (non-hydrogen) atoms. The molecule has 0 aromatic heterocycles. The molecule has 7 atom stereocenters. The van der Waals surface area contributed by atoms with Crippen LogP contribution in [0.1, 0.15) is 363 Å². The summed E-state index contributed by atoms with van der Waals surface area (Å²) in [6.07, 6.45) is 59.0. The van der Waals surface area contributed by atoms with Crippen LogP contribution in [0.15, 0.2) is 0 Å². The first-order chi connectivity index (χ1) is 38.4. The highest BCUT2D eigenvalue weighted by Gasteiger charge is 2.31. The second kappa shape index (κ2) is 64.1. The first-order valence-corrected chi connectivity index (χ1v) is 40.6. The van der Waals surface area contributed by atoms with Gasteiger partial charge in [0.2, 0.25) is 0 Å². The molecule has 0 aliphatic heterocycles. The molecule has 0 aliphatic rings. The van der Waals surface area contributed by atoms with E-state index in [1.807, 2.05) is 6.92 Å². The van der Waals surface area contributed by atoms with E-state index >= 15 is 0 Å². The van der Waals surface area contributed by atoms with Gasteiger partial charge in [0.25, 0.3) is 0 Å². The van der Waals surface area contributed by atoms with Gasteiger partial charge in [-0.15, -0.1) is 0 Å². The van der Waals surface area contributed by atoms with Gasteiger partial charge in [-0.1, -0.05) is 318 Å². The Labute approximate surface area is 498 Å². The smallest absolute Gasteiger partial charge is 0.324 e. The third kappa shape index (κ3) is 60.3. The summed E-state index contributed by atoms with van der Waals surface area (Å²) < 4.78 is 65.9. The van der Waals surface area contributed by atoms with Crippen molar-refractivity contribution in [3.05, 3.63) is 0 Å². The van der Waals surface area contributed by atoms with Crippen molar-refractivity contribution < 1.29 is 55.9 Å². The van der Waals surface area contributed by atoms with Gasteiger partial charge in [-0.2, -0.15) is 0 Å². The van der Waals surface area contributed by atoms with Gasteiger partial charge >= 0.3 is 30.4 Å². The van der Waals surface area contributed by atoms with Crippen molar-refractivity contribution in [1.29, 1.82) is 0 Å². The highest BCUT2D eigenvalue weighted by molar-refractivity contribution is 7.54. The Kier molecular flexibility index (Phi) is 69.7. The van der Waals surface area contributed by atoms with Crippen LogP contribution in [0.3, 0.4) is 0 Å². The molecule has 16 heteroatoms. The molecule has 0 aromatic rings. The molecule has 0 rings (SSSR count). The minimum atomic E-state index is -3.39. The number of rotatable bonds is 57. The van der Waals surface area contributed by atoms with Crippen molar-refractivity contribution in [3.63, 3.8) is 0 Å². The normalized spacial score (nSPS) is 15.6. The van der Waals surface area contributed by atoms with Crippen LogP contribution in [-0.4, -0.2) is 71.2 Å². The van der Waals surface area contributed by atoms with Gasteiger partial charge in [-0.3, -0.25) is 18.3 Å². The lowest BCUT2D eigenvalue weighted by Crippen LogP contribution is -2.10. The topological polar surface area (TPSA) is 186 Å². The van der Waals surface area contributed by atoms with Gasteiger partial charge in [0.05, 0.1) is 17.0 Å². The molecule has 12 nitrogen and oxygen atoms in total. The fourth-order valence-corrected chi connectivity index (χ4v) is 14.9. The van der Waals surface area contributed by atoms with Gasteiger partial charge in [0.15, 0.2) is 0 Å². The molecule has 4 N–H and O–H groups in total. The molecule has 0 heterocycles. The van der Waals surface area contributed by atoms with E-state index in [0.717, 1.165) is 103 Å². The Morgan fingerprint density at radius 1 is 0.250 bits per heavy atom. The zero-order chi connectivity index (χ0) is 60.9. The highest BCUT2D eigenvalue weighted by Crippen LogP contribution is 2.52. The van der Waals surface area contributed by atoms with Gasteiger partial charge in [0.1, 0.15) is 0 Å². The van der Waals surface area contributed by atoms with E-state index in [1.54, 1.807) is 0 Å². The van der Waals surface area contributed by atoms with Crippen LogP contribution in [-0.2, 0) is 36.4 Å². The molecule has 0 spiro atoms. The first kappa shape index (κ1) is 87.0. The maximum atomic E-state index is 12.0. The third-order valence-corrected chi connectivity index (χ3v) is 23.4. The summed E-state index contributed by atoms with van der Waals surface area (Å²) >= 11 is 0. The lowest BCUT2D eigenvalue weighted by molar-refractivity contribution is 0.295. The van der Waals surface area contributed by atoms with Crippen LogP contribution in [0, 0.1) is 0 Å². The summed E-state index contributed by atoms with van der Waals surface area (Å²) in [7, 11) is -8.03. The van der Waals surface area contributed by atoms with Crippen LogP contribution in [0.4, 0.5) is 0 Å². The Bertz CT molecular complexity index is 1420. The van der Waals surface area contributed by atoms with E-state index in [9.17, 15) is 37.8 Å². The van der Waals surface area contributed by atoms with Crippen molar-refractivity contribution in [2.24, 2.45) is 0 Å². The quantitative estimate of drug-likeness (QED) is 0.0334. The standard InChI is InChI=1S/C19H41O3P.C17H37O3P.C15H33O3P.C13H29O3P/c1-4-6-8-9-10-11-12-13-14-15-16-18-19(17-7-5-2)23(20,21)22-3;1-4-6-8-9-10-11-12-14-16-17(15-13-7-5-2)21(18,19)20-3;1-4-6-7-8-9-10-11-12-13-14-15(5-2)19(16,17)18-3;1-3-4-5-6-7-8-9-10-11-12-13-17(14,15)16-2/h19H,4-18H2,1-3H3,(H,20,21);17H,4-16H2,1-3H3,(H,18,19);15H,4-14H2,1-3H3,(H,16,17);3-13H2,1-2H3,(H,14,15). The summed E-state index contributed by atoms with van der Waals surface area (Å²) in [6.45, 7) is 15.2. The van der Waals surface area contributed by atoms with Crippen LogP contribution in [0.25, 0.3) is 0 Å². The molecule has 0 saturated heterocycles. The Morgan fingerprint density at radius 3 is 0.675 bits per heavy atom. The van der Waals surface area contributed by atoms with E-state index in [2.05, 4.69) is 46.1 Å². The number of unbranched alkanes of at least 4 members (excludes halogenated alkanes) is 37. The molecule has 0 radical (unpaired) electrons. The fraction of sp³-hybridized carbons (Fsp3) is 1.00. The average molecular weight is 1230 g/mol. The monoisotopic (exact) mass is 1220 g/mol. The lowest BCUT2D eigenvalue weighted by Gasteiger charge is -2.21. The summed E-state index contributed by atoms with van der Waals surface area (Å²) in [5, 5.41) is 0. The van der Waals surface area contributed by atoms with E-state index in [-0.39, 0.29) is 17.0 Å². The average Bonchev–Trinajstić information content (AvgIpc) is 3.44. The second-order valence-electron chi connectivity index (χ2n) is 23.2. The van der Waals surface area contributed by atoms with Crippen molar-refractivity contribution in [1.82, 2.24) is 0 Å². The SMILES string of the molecule is CCCCCCCCCCC(CCCCC)P(=O)(O)OC.CCCCCCCCCCCC(CC)P(=O)(O)OC.CCCCCCCCCCCCCC(CCCC)P(=O)(O)OC.CCCCCCCCCCCCP(=O)(O)OC. The van der Waals surface area contributed by atoms with Gasteiger partial charge in [-0.25, -0.2) is 0 Å². The maximum Gasteiger partial charge on any atom is 0.330 e. The largest absolute Gasteiger partial charge is 0.330 e. The third-order valence-electron chi connectivity index (χ3n) is 15.9. The summed E-state index contributed by atoms with van der Waals surface area (Å²) in [5.74, 6) is 0. The fourth-order valence-electron chi connectivity index (χ4n) is 10.2. The van der Waals surface area contributed by atoms with Crippen molar-refractivity contribution in [3.8, 4) is 0 Å². The molecule has 488 valence electrons. The van der Waals surface area contributed by atoms with Crippen LogP contribution >= 0.6 is 30.4 Å².